The minimum atomic E-state index is 0.545. The van der Waals surface area contributed by atoms with Crippen molar-refractivity contribution in [2.24, 2.45) is 0 Å². The van der Waals surface area contributed by atoms with E-state index in [1.54, 1.807) is 0 Å². The van der Waals surface area contributed by atoms with Gasteiger partial charge in [-0.25, -0.2) is 4.98 Å². The second-order valence-electron chi connectivity index (χ2n) is 3.06. The van der Waals surface area contributed by atoms with Crippen LogP contribution in [0.1, 0.15) is 16.1 Å². The first kappa shape index (κ1) is 8.21. The number of fused-ring (bicyclic) bond motifs is 1. The number of rotatable bonds is 0. The Balaban J connectivity index is 2.84. The van der Waals surface area contributed by atoms with E-state index in [1.165, 1.54) is 16.9 Å². The molecule has 0 amide bonds. The number of nitriles is 1. The Morgan fingerprint density at radius 2 is 2.15 bits per heavy atom. The minimum absolute atomic E-state index is 0.545. The van der Waals surface area contributed by atoms with E-state index in [2.05, 4.69) is 30.1 Å². The number of nitrogens with zero attached hydrogens (tertiary/aromatic N) is 2. The summed E-state index contributed by atoms with van der Waals surface area (Å²) in [4.78, 5) is 4.23. The highest BCUT2D eigenvalue weighted by atomic mass is 32.1. The molecule has 64 valence electrons. The summed E-state index contributed by atoms with van der Waals surface area (Å²) in [5, 5.41) is 9.24. The first-order chi connectivity index (χ1) is 6.20. The zero-order valence-corrected chi connectivity index (χ0v) is 8.27. The number of benzene rings is 1. The van der Waals surface area contributed by atoms with E-state index in [0.717, 1.165) is 15.8 Å². The average Bonchev–Trinajstić information content (AvgIpc) is 2.47. The van der Waals surface area contributed by atoms with Crippen LogP contribution in [0.3, 0.4) is 0 Å². The Labute approximate surface area is 80.5 Å². The van der Waals surface area contributed by atoms with Crippen LogP contribution in [0.15, 0.2) is 12.1 Å². The maximum absolute atomic E-state index is 8.70. The molecule has 13 heavy (non-hydrogen) atoms. The lowest BCUT2D eigenvalue weighted by Gasteiger charge is -1.95. The second-order valence-corrected chi connectivity index (χ2v) is 4.09. The van der Waals surface area contributed by atoms with Gasteiger partial charge in [0.1, 0.15) is 6.07 Å². The minimum Gasteiger partial charge on any atom is -0.226 e. The lowest BCUT2D eigenvalue weighted by atomic mass is 10.1. The van der Waals surface area contributed by atoms with Gasteiger partial charge in [0.25, 0.3) is 0 Å². The third-order valence-corrected chi connectivity index (χ3v) is 2.83. The van der Waals surface area contributed by atoms with Gasteiger partial charge in [-0.15, -0.1) is 11.3 Å². The van der Waals surface area contributed by atoms with Crippen LogP contribution in [0, 0.1) is 25.2 Å². The molecule has 1 heterocycles. The van der Waals surface area contributed by atoms with E-state index in [0.29, 0.717) is 5.01 Å². The van der Waals surface area contributed by atoms with Gasteiger partial charge in [0.2, 0.25) is 0 Å². The van der Waals surface area contributed by atoms with Gasteiger partial charge in [0.15, 0.2) is 5.01 Å². The molecule has 0 N–H and O–H groups in total. The van der Waals surface area contributed by atoms with Crippen LogP contribution in [0.2, 0.25) is 0 Å². The van der Waals surface area contributed by atoms with Gasteiger partial charge in [-0.2, -0.15) is 5.26 Å². The van der Waals surface area contributed by atoms with E-state index < -0.39 is 0 Å². The first-order valence-electron chi connectivity index (χ1n) is 3.98. The van der Waals surface area contributed by atoms with Crippen LogP contribution in [-0.4, -0.2) is 4.98 Å². The number of hydrogen-bond donors (Lipinski definition) is 0. The van der Waals surface area contributed by atoms with Crippen molar-refractivity contribution in [1.82, 2.24) is 4.98 Å². The van der Waals surface area contributed by atoms with Crippen LogP contribution < -0.4 is 0 Å². The quantitative estimate of drug-likeness (QED) is 0.637. The summed E-state index contributed by atoms with van der Waals surface area (Å²) >= 11 is 1.45. The van der Waals surface area contributed by atoms with E-state index >= 15 is 0 Å². The summed E-state index contributed by atoms with van der Waals surface area (Å²) in [6, 6.07) is 6.23. The predicted molar refractivity (Wildman–Crippen MR) is 53.8 cm³/mol. The molecule has 1 aromatic carbocycles. The normalized spacial score (nSPS) is 10.2. The molecule has 0 bridgehead atoms. The SMILES string of the molecule is Cc1cc(C)c2nc(C#N)sc2c1. The zero-order chi connectivity index (χ0) is 9.42. The van der Waals surface area contributed by atoms with E-state index in [9.17, 15) is 0 Å². The fourth-order valence-electron chi connectivity index (χ4n) is 1.42. The fourth-order valence-corrected chi connectivity index (χ4v) is 2.36. The largest absolute Gasteiger partial charge is 0.226 e. The molecule has 2 nitrogen and oxygen atoms in total. The molecule has 0 aliphatic carbocycles. The van der Waals surface area contributed by atoms with Crippen molar-refractivity contribution in [3.05, 3.63) is 28.3 Å². The molecule has 0 aliphatic heterocycles. The highest BCUT2D eigenvalue weighted by molar-refractivity contribution is 7.19. The maximum Gasteiger partial charge on any atom is 0.195 e. The molecule has 2 aromatic rings. The monoisotopic (exact) mass is 188 g/mol. The van der Waals surface area contributed by atoms with E-state index in [-0.39, 0.29) is 0 Å². The molecule has 0 saturated carbocycles. The van der Waals surface area contributed by atoms with Crippen LogP contribution in [-0.2, 0) is 0 Å². The third-order valence-electron chi connectivity index (χ3n) is 1.93. The van der Waals surface area contributed by atoms with Crippen molar-refractivity contribution in [3.8, 4) is 6.07 Å². The van der Waals surface area contributed by atoms with Crippen molar-refractivity contribution < 1.29 is 0 Å². The molecule has 3 heteroatoms. The summed E-state index contributed by atoms with van der Waals surface area (Å²) in [6.07, 6.45) is 0. The average molecular weight is 188 g/mol. The fraction of sp³-hybridized carbons (Fsp3) is 0.200. The van der Waals surface area contributed by atoms with Crippen molar-refractivity contribution in [2.75, 3.05) is 0 Å². The molecule has 0 radical (unpaired) electrons. The van der Waals surface area contributed by atoms with Crippen LogP contribution in [0.4, 0.5) is 0 Å². The third kappa shape index (κ3) is 1.30. The summed E-state index contributed by atoms with van der Waals surface area (Å²) in [5.74, 6) is 0. The van der Waals surface area contributed by atoms with Crippen LogP contribution in [0.25, 0.3) is 10.2 Å². The van der Waals surface area contributed by atoms with Crippen LogP contribution >= 0.6 is 11.3 Å². The summed E-state index contributed by atoms with van der Waals surface area (Å²) in [5.41, 5.74) is 3.33. The smallest absolute Gasteiger partial charge is 0.195 e. The lowest BCUT2D eigenvalue weighted by Crippen LogP contribution is -1.78. The highest BCUT2D eigenvalue weighted by Gasteiger charge is 2.05. The van der Waals surface area contributed by atoms with Crippen molar-refractivity contribution in [3.63, 3.8) is 0 Å². The molecular weight excluding hydrogens is 180 g/mol. The van der Waals surface area contributed by atoms with Crippen LogP contribution in [0.5, 0.6) is 0 Å². The van der Waals surface area contributed by atoms with Crippen molar-refractivity contribution >= 4 is 21.6 Å². The molecule has 2 rings (SSSR count). The molecule has 0 saturated heterocycles. The molecule has 0 aliphatic rings. The topological polar surface area (TPSA) is 36.7 Å². The van der Waals surface area contributed by atoms with Gasteiger partial charge >= 0.3 is 0 Å². The summed E-state index contributed by atoms with van der Waals surface area (Å²) < 4.78 is 1.11. The lowest BCUT2D eigenvalue weighted by molar-refractivity contribution is 1.35. The summed E-state index contributed by atoms with van der Waals surface area (Å²) in [6.45, 7) is 4.08. The van der Waals surface area contributed by atoms with Crippen molar-refractivity contribution in [1.29, 1.82) is 5.26 Å². The van der Waals surface area contributed by atoms with Gasteiger partial charge in [0.05, 0.1) is 10.2 Å². The Morgan fingerprint density at radius 3 is 2.85 bits per heavy atom. The molecular formula is C10H8N2S. The van der Waals surface area contributed by atoms with Crippen molar-refractivity contribution in [2.45, 2.75) is 13.8 Å². The number of thiazole rings is 1. The first-order valence-corrected chi connectivity index (χ1v) is 4.80. The van der Waals surface area contributed by atoms with Gasteiger partial charge in [0, 0.05) is 0 Å². The van der Waals surface area contributed by atoms with Gasteiger partial charge in [-0.05, 0) is 31.0 Å². The Kier molecular flexibility index (Phi) is 1.78. The van der Waals surface area contributed by atoms with Gasteiger partial charge in [-0.3, -0.25) is 0 Å². The second kappa shape index (κ2) is 2.82. The molecule has 0 unspecified atom stereocenters. The zero-order valence-electron chi connectivity index (χ0n) is 7.46. The number of hydrogen-bond acceptors (Lipinski definition) is 3. The molecule has 1 aromatic heterocycles. The molecule has 0 fully saturated rings. The van der Waals surface area contributed by atoms with E-state index in [1.807, 2.05) is 6.92 Å². The number of aromatic nitrogens is 1. The Hall–Kier alpha value is -1.40. The highest BCUT2D eigenvalue weighted by Crippen LogP contribution is 2.25. The van der Waals surface area contributed by atoms with Gasteiger partial charge in [-0.1, -0.05) is 6.07 Å². The predicted octanol–water partition coefficient (Wildman–Crippen LogP) is 2.78. The Morgan fingerprint density at radius 1 is 1.38 bits per heavy atom. The molecule has 0 spiro atoms. The standard InChI is InChI=1S/C10H8N2S/c1-6-3-7(2)10-8(4-6)13-9(5-11)12-10/h3-4H,1-2H3. The Bertz CT molecular complexity index is 505. The number of aryl methyl sites for hydroxylation is 2. The van der Waals surface area contributed by atoms with Gasteiger partial charge < -0.3 is 0 Å². The maximum atomic E-state index is 8.70. The molecule has 0 atom stereocenters. The van der Waals surface area contributed by atoms with E-state index in [4.69, 9.17) is 5.26 Å². The summed E-state index contributed by atoms with van der Waals surface area (Å²) in [7, 11) is 0.